The van der Waals surface area contributed by atoms with Gasteiger partial charge in [-0.3, -0.25) is 0 Å². The van der Waals surface area contributed by atoms with E-state index in [1.54, 1.807) is 6.07 Å². The molecule has 0 radical (unpaired) electrons. The van der Waals surface area contributed by atoms with E-state index in [9.17, 15) is 4.39 Å². The van der Waals surface area contributed by atoms with Gasteiger partial charge < -0.3 is 9.88 Å². The van der Waals surface area contributed by atoms with Crippen LogP contribution in [0.3, 0.4) is 0 Å². The summed E-state index contributed by atoms with van der Waals surface area (Å²) in [7, 11) is 2.01. The maximum atomic E-state index is 13.8. The molecule has 0 saturated heterocycles. The summed E-state index contributed by atoms with van der Waals surface area (Å²) in [5, 5.41) is 3.35. The first-order valence-electron chi connectivity index (χ1n) is 5.90. The normalized spacial score (nSPS) is 14.7. The van der Waals surface area contributed by atoms with Crippen molar-refractivity contribution in [3.63, 3.8) is 0 Å². The summed E-state index contributed by atoms with van der Waals surface area (Å²) in [5.41, 5.74) is 4.26. The molecule has 0 spiro atoms. The third kappa shape index (κ3) is 1.67. The molecule has 1 aliphatic heterocycles. The van der Waals surface area contributed by atoms with Crippen molar-refractivity contribution in [3.05, 3.63) is 47.4 Å². The molecule has 2 heterocycles. The van der Waals surface area contributed by atoms with E-state index in [4.69, 9.17) is 0 Å². The molecule has 1 aliphatic rings. The molecule has 0 amide bonds. The minimum absolute atomic E-state index is 0.154. The Balaban J connectivity index is 2.16. The minimum Gasteiger partial charge on any atom is -0.346 e. The zero-order chi connectivity index (χ0) is 11.8. The highest BCUT2D eigenvalue weighted by Gasteiger charge is 2.17. The fraction of sp³-hybridized carbons (Fsp3) is 0.286. The SMILES string of the molecule is Cn1c(-c2ccccc2F)cc2c1CNCC2. The molecule has 3 heteroatoms. The van der Waals surface area contributed by atoms with Crippen LogP contribution in [0.4, 0.5) is 4.39 Å². The zero-order valence-electron chi connectivity index (χ0n) is 9.83. The molecule has 3 rings (SSSR count). The van der Waals surface area contributed by atoms with Crippen LogP contribution in [0, 0.1) is 5.82 Å². The second-order valence-corrected chi connectivity index (χ2v) is 4.47. The monoisotopic (exact) mass is 230 g/mol. The smallest absolute Gasteiger partial charge is 0.132 e. The molecule has 0 atom stereocenters. The number of hydrogen-bond donors (Lipinski definition) is 1. The topological polar surface area (TPSA) is 17.0 Å². The van der Waals surface area contributed by atoms with Crippen molar-refractivity contribution in [2.24, 2.45) is 7.05 Å². The molecule has 1 aromatic heterocycles. The van der Waals surface area contributed by atoms with Crippen LogP contribution >= 0.6 is 0 Å². The molecule has 1 N–H and O–H groups in total. The largest absolute Gasteiger partial charge is 0.346 e. The van der Waals surface area contributed by atoms with Gasteiger partial charge in [-0.1, -0.05) is 12.1 Å². The predicted octanol–water partition coefficient (Wildman–Crippen LogP) is 2.48. The lowest BCUT2D eigenvalue weighted by Gasteiger charge is -2.15. The minimum atomic E-state index is -0.154. The lowest BCUT2D eigenvalue weighted by Crippen LogP contribution is -2.24. The van der Waals surface area contributed by atoms with E-state index in [0.717, 1.165) is 25.2 Å². The fourth-order valence-electron chi connectivity index (χ4n) is 2.51. The van der Waals surface area contributed by atoms with Crippen LogP contribution < -0.4 is 5.32 Å². The molecular formula is C14H15FN2. The van der Waals surface area contributed by atoms with E-state index in [-0.39, 0.29) is 5.82 Å². The molecule has 2 nitrogen and oxygen atoms in total. The summed E-state index contributed by atoms with van der Waals surface area (Å²) < 4.78 is 15.9. The Morgan fingerprint density at radius 2 is 2.12 bits per heavy atom. The van der Waals surface area contributed by atoms with Gasteiger partial charge in [-0.25, -0.2) is 4.39 Å². The van der Waals surface area contributed by atoms with Gasteiger partial charge in [-0.2, -0.15) is 0 Å². The van der Waals surface area contributed by atoms with Crippen molar-refractivity contribution in [1.82, 2.24) is 9.88 Å². The van der Waals surface area contributed by atoms with Crippen LogP contribution in [0.15, 0.2) is 30.3 Å². The highest BCUT2D eigenvalue weighted by Crippen LogP contribution is 2.28. The van der Waals surface area contributed by atoms with E-state index in [1.807, 2.05) is 19.2 Å². The molecule has 0 unspecified atom stereocenters. The van der Waals surface area contributed by atoms with Crippen LogP contribution in [0.1, 0.15) is 11.3 Å². The first-order valence-corrected chi connectivity index (χ1v) is 5.90. The zero-order valence-corrected chi connectivity index (χ0v) is 9.83. The molecule has 0 saturated carbocycles. The Morgan fingerprint density at radius 3 is 2.88 bits per heavy atom. The Hall–Kier alpha value is -1.61. The number of rotatable bonds is 1. The molecule has 0 fully saturated rings. The number of aromatic nitrogens is 1. The summed E-state index contributed by atoms with van der Waals surface area (Å²) in [6.45, 7) is 1.88. The lowest BCUT2D eigenvalue weighted by atomic mass is 10.1. The number of halogens is 1. The van der Waals surface area contributed by atoms with Gasteiger partial charge in [0.05, 0.1) is 5.69 Å². The van der Waals surface area contributed by atoms with E-state index in [0.29, 0.717) is 5.56 Å². The van der Waals surface area contributed by atoms with E-state index in [2.05, 4.69) is 16.0 Å². The van der Waals surface area contributed by atoms with Crippen molar-refractivity contribution >= 4 is 0 Å². The first-order chi connectivity index (χ1) is 8.27. The summed E-state index contributed by atoms with van der Waals surface area (Å²) in [6, 6.07) is 9.07. The molecule has 0 bridgehead atoms. The van der Waals surface area contributed by atoms with Gasteiger partial charge in [0.2, 0.25) is 0 Å². The van der Waals surface area contributed by atoms with Crippen LogP contribution in [0.2, 0.25) is 0 Å². The van der Waals surface area contributed by atoms with Crippen molar-refractivity contribution in [2.45, 2.75) is 13.0 Å². The maximum absolute atomic E-state index is 13.8. The second kappa shape index (κ2) is 4.00. The van der Waals surface area contributed by atoms with Crippen molar-refractivity contribution in [1.29, 1.82) is 0 Å². The Kier molecular flexibility index (Phi) is 2.48. The van der Waals surface area contributed by atoms with E-state index >= 15 is 0 Å². The first kappa shape index (κ1) is 10.5. The van der Waals surface area contributed by atoms with Crippen molar-refractivity contribution in [2.75, 3.05) is 6.54 Å². The van der Waals surface area contributed by atoms with E-state index < -0.39 is 0 Å². The van der Waals surface area contributed by atoms with Gasteiger partial charge in [-0.05, 0) is 36.7 Å². The van der Waals surface area contributed by atoms with Gasteiger partial charge in [0.15, 0.2) is 0 Å². The summed E-state index contributed by atoms with van der Waals surface area (Å²) in [4.78, 5) is 0. The van der Waals surface area contributed by atoms with Gasteiger partial charge in [0.1, 0.15) is 5.82 Å². The van der Waals surface area contributed by atoms with Crippen LogP contribution in [-0.2, 0) is 20.0 Å². The number of nitrogens with zero attached hydrogens (tertiary/aromatic N) is 1. The highest BCUT2D eigenvalue weighted by atomic mass is 19.1. The average Bonchev–Trinajstić information content (AvgIpc) is 2.68. The fourth-order valence-corrected chi connectivity index (χ4v) is 2.51. The molecule has 88 valence electrons. The maximum Gasteiger partial charge on any atom is 0.132 e. The number of fused-ring (bicyclic) bond motifs is 1. The Labute approximate surface area is 100 Å². The highest BCUT2D eigenvalue weighted by molar-refractivity contribution is 5.63. The van der Waals surface area contributed by atoms with Crippen LogP contribution in [0.25, 0.3) is 11.3 Å². The van der Waals surface area contributed by atoms with Crippen LogP contribution in [0.5, 0.6) is 0 Å². The summed E-state index contributed by atoms with van der Waals surface area (Å²) in [5.74, 6) is -0.154. The standard InChI is InChI=1S/C14H15FN2/c1-17-13(11-4-2-3-5-12(11)15)8-10-6-7-16-9-14(10)17/h2-5,8,16H,6-7,9H2,1H3. The summed E-state index contributed by atoms with van der Waals surface area (Å²) >= 11 is 0. The summed E-state index contributed by atoms with van der Waals surface area (Å²) in [6.07, 6.45) is 1.03. The number of hydrogen-bond acceptors (Lipinski definition) is 1. The lowest BCUT2D eigenvalue weighted by molar-refractivity contribution is 0.608. The van der Waals surface area contributed by atoms with Gasteiger partial charge >= 0.3 is 0 Å². The molecule has 1 aromatic carbocycles. The average molecular weight is 230 g/mol. The van der Waals surface area contributed by atoms with Gasteiger partial charge in [0, 0.05) is 24.8 Å². The third-order valence-corrected chi connectivity index (χ3v) is 3.46. The quantitative estimate of drug-likeness (QED) is 0.796. The Morgan fingerprint density at radius 1 is 1.29 bits per heavy atom. The van der Waals surface area contributed by atoms with Gasteiger partial charge in [-0.15, -0.1) is 0 Å². The second-order valence-electron chi connectivity index (χ2n) is 4.47. The third-order valence-electron chi connectivity index (χ3n) is 3.46. The number of benzene rings is 1. The van der Waals surface area contributed by atoms with Crippen molar-refractivity contribution in [3.8, 4) is 11.3 Å². The van der Waals surface area contributed by atoms with Crippen LogP contribution in [-0.4, -0.2) is 11.1 Å². The van der Waals surface area contributed by atoms with Crippen molar-refractivity contribution < 1.29 is 4.39 Å². The predicted molar refractivity (Wildman–Crippen MR) is 66.2 cm³/mol. The molecule has 2 aromatic rings. The molecule has 0 aliphatic carbocycles. The van der Waals surface area contributed by atoms with E-state index in [1.165, 1.54) is 17.3 Å². The number of nitrogens with one attached hydrogen (secondary N) is 1. The Bertz CT molecular complexity index is 557. The molecular weight excluding hydrogens is 215 g/mol. The molecule has 17 heavy (non-hydrogen) atoms. The van der Waals surface area contributed by atoms with Gasteiger partial charge in [0.25, 0.3) is 0 Å².